The molecule has 0 aliphatic heterocycles. The Morgan fingerprint density at radius 1 is 1.00 bits per heavy atom. The molecular formula is C24H19ClN2O4S. The number of amides is 1. The number of hydrogen-bond acceptors (Lipinski definition) is 5. The first-order valence-electron chi connectivity index (χ1n) is 9.71. The molecule has 3 N–H and O–H groups in total. The molecule has 8 heteroatoms. The minimum Gasteiger partial charge on any atom is -0.459 e. The lowest BCUT2D eigenvalue weighted by Crippen LogP contribution is -2.33. The van der Waals surface area contributed by atoms with E-state index in [9.17, 15) is 4.79 Å². The molecule has 0 spiro atoms. The second-order valence-corrected chi connectivity index (χ2v) is 7.86. The molecule has 6 nitrogen and oxygen atoms in total. The molecule has 0 bridgehead atoms. The van der Waals surface area contributed by atoms with E-state index in [1.165, 1.54) is 0 Å². The summed E-state index contributed by atoms with van der Waals surface area (Å²) in [6.45, 7) is 1.75. The van der Waals surface area contributed by atoms with Gasteiger partial charge < -0.3 is 19.3 Å². The van der Waals surface area contributed by atoms with Gasteiger partial charge in [0.2, 0.25) is 0 Å². The third kappa shape index (κ3) is 4.91. The van der Waals surface area contributed by atoms with Crippen LogP contribution in [0.4, 0.5) is 5.69 Å². The number of aliphatic hydroxyl groups excluding tert-OH is 1. The summed E-state index contributed by atoms with van der Waals surface area (Å²) in [5.74, 6) is 1.28. The van der Waals surface area contributed by atoms with Gasteiger partial charge in [-0.15, -0.1) is 0 Å². The Bertz CT molecular complexity index is 1290. The SMILES string of the molecule is Cc1ccc(-c2ccc(C(=O)NC(=S)Nc3cccc(-c4ccc(CO)o4)c3)o2)cc1Cl. The van der Waals surface area contributed by atoms with E-state index < -0.39 is 5.91 Å². The second kappa shape index (κ2) is 9.40. The van der Waals surface area contributed by atoms with Gasteiger partial charge in [-0.25, -0.2) is 0 Å². The van der Waals surface area contributed by atoms with Crippen molar-refractivity contribution in [1.29, 1.82) is 0 Å². The van der Waals surface area contributed by atoms with Crippen LogP contribution >= 0.6 is 23.8 Å². The number of halogens is 1. The van der Waals surface area contributed by atoms with Crippen LogP contribution in [0.5, 0.6) is 0 Å². The maximum atomic E-state index is 12.5. The monoisotopic (exact) mass is 466 g/mol. The summed E-state index contributed by atoms with van der Waals surface area (Å²) in [6.07, 6.45) is 0. The van der Waals surface area contributed by atoms with Gasteiger partial charge in [-0.3, -0.25) is 10.1 Å². The maximum Gasteiger partial charge on any atom is 0.293 e. The van der Waals surface area contributed by atoms with E-state index in [4.69, 9.17) is 37.8 Å². The first kappa shape index (κ1) is 21.8. The van der Waals surface area contributed by atoms with Crippen molar-refractivity contribution >= 4 is 40.5 Å². The van der Waals surface area contributed by atoms with Gasteiger partial charge in [-0.05, 0) is 67.2 Å². The molecule has 0 aliphatic rings. The fourth-order valence-electron chi connectivity index (χ4n) is 3.06. The molecule has 4 aromatic rings. The topological polar surface area (TPSA) is 87.6 Å². The van der Waals surface area contributed by atoms with Gasteiger partial charge in [0, 0.05) is 21.8 Å². The average Bonchev–Trinajstić information content (AvgIpc) is 3.46. The van der Waals surface area contributed by atoms with E-state index in [0.717, 1.165) is 16.7 Å². The quantitative estimate of drug-likeness (QED) is 0.323. The molecule has 0 unspecified atom stereocenters. The van der Waals surface area contributed by atoms with Crippen LogP contribution in [-0.4, -0.2) is 16.1 Å². The van der Waals surface area contributed by atoms with Gasteiger partial charge in [-0.2, -0.15) is 0 Å². The highest BCUT2D eigenvalue weighted by Gasteiger charge is 2.15. The minimum atomic E-state index is -0.471. The lowest BCUT2D eigenvalue weighted by atomic mass is 10.1. The number of carbonyl (C=O) groups excluding carboxylic acids is 1. The zero-order valence-electron chi connectivity index (χ0n) is 17.0. The standard InChI is InChI=1S/C24H19ClN2O4S/c1-14-5-6-16(12-19(14)25)21-9-10-22(31-21)23(29)27-24(32)26-17-4-2-3-15(11-17)20-8-7-18(13-28)30-20/h2-12,28H,13H2,1H3,(H2,26,27,29,32). The Kier molecular flexibility index (Phi) is 6.41. The van der Waals surface area contributed by atoms with Crippen molar-refractivity contribution in [3.8, 4) is 22.6 Å². The molecule has 2 heterocycles. The number of nitrogens with one attached hydrogen (secondary N) is 2. The van der Waals surface area contributed by atoms with Crippen LogP contribution in [0.2, 0.25) is 5.02 Å². The Morgan fingerprint density at radius 2 is 1.75 bits per heavy atom. The normalized spacial score (nSPS) is 10.7. The van der Waals surface area contributed by atoms with Crippen molar-refractivity contribution in [2.24, 2.45) is 0 Å². The molecule has 162 valence electrons. The number of aliphatic hydroxyl groups is 1. The first-order valence-corrected chi connectivity index (χ1v) is 10.5. The molecule has 1 amide bonds. The fourth-order valence-corrected chi connectivity index (χ4v) is 3.45. The second-order valence-electron chi connectivity index (χ2n) is 7.04. The van der Waals surface area contributed by atoms with Gasteiger partial charge in [0.05, 0.1) is 0 Å². The Labute approximate surface area is 194 Å². The van der Waals surface area contributed by atoms with E-state index in [-0.39, 0.29) is 17.5 Å². The molecule has 0 atom stereocenters. The predicted molar refractivity (Wildman–Crippen MR) is 128 cm³/mol. The molecule has 0 aliphatic carbocycles. The van der Waals surface area contributed by atoms with E-state index >= 15 is 0 Å². The van der Waals surface area contributed by atoms with E-state index in [1.807, 2.05) is 43.3 Å². The van der Waals surface area contributed by atoms with Crippen LogP contribution in [0.3, 0.4) is 0 Å². The number of aryl methyl sites for hydroxylation is 1. The minimum absolute atomic E-state index is 0.124. The largest absolute Gasteiger partial charge is 0.459 e. The summed E-state index contributed by atoms with van der Waals surface area (Å²) >= 11 is 11.4. The first-order chi connectivity index (χ1) is 15.4. The van der Waals surface area contributed by atoms with E-state index in [0.29, 0.717) is 28.0 Å². The van der Waals surface area contributed by atoms with Crippen molar-refractivity contribution in [2.45, 2.75) is 13.5 Å². The van der Waals surface area contributed by atoms with Crippen LogP contribution < -0.4 is 10.6 Å². The summed E-state index contributed by atoms with van der Waals surface area (Å²) in [4.78, 5) is 12.5. The fraction of sp³-hybridized carbons (Fsp3) is 0.0833. The molecular weight excluding hydrogens is 448 g/mol. The summed E-state index contributed by atoms with van der Waals surface area (Å²) in [5, 5.41) is 15.5. The lowest BCUT2D eigenvalue weighted by molar-refractivity contribution is 0.0951. The highest BCUT2D eigenvalue weighted by Crippen LogP contribution is 2.27. The zero-order chi connectivity index (χ0) is 22.7. The Hall–Kier alpha value is -3.39. The molecule has 0 saturated carbocycles. The zero-order valence-corrected chi connectivity index (χ0v) is 18.6. The third-order valence-electron chi connectivity index (χ3n) is 4.74. The summed E-state index contributed by atoms with van der Waals surface area (Å²) in [6, 6.07) is 19.7. The number of anilines is 1. The number of benzene rings is 2. The molecule has 0 radical (unpaired) electrons. The summed E-state index contributed by atoms with van der Waals surface area (Å²) in [5.41, 5.74) is 3.21. The van der Waals surface area contributed by atoms with Gasteiger partial charge in [0.1, 0.15) is 23.9 Å². The van der Waals surface area contributed by atoms with Gasteiger partial charge in [0.15, 0.2) is 10.9 Å². The highest BCUT2D eigenvalue weighted by molar-refractivity contribution is 7.80. The van der Waals surface area contributed by atoms with Crippen molar-refractivity contribution in [1.82, 2.24) is 5.32 Å². The average molecular weight is 467 g/mol. The van der Waals surface area contributed by atoms with Crippen LogP contribution in [-0.2, 0) is 6.61 Å². The van der Waals surface area contributed by atoms with Gasteiger partial charge in [-0.1, -0.05) is 35.9 Å². The van der Waals surface area contributed by atoms with Gasteiger partial charge >= 0.3 is 0 Å². The summed E-state index contributed by atoms with van der Waals surface area (Å²) in [7, 11) is 0. The highest BCUT2D eigenvalue weighted by atomic mass is 35.5. The van der Waals surface area contributed by atoms with Crippen molar-refractivity contribution in [2.75, 3.05) is 5.32 Å². The van der Waals surface area contributed by atoms with Gasteiger partial charge in [0.25, 0.3) is 5.91 Å². The molecule has 2 aromatic heterocycles. The number of hydrogen-bond donors (Lipinski definition) is 3. The maximum absolute atomic E-state index is 12.5. The Morgan fingerprint density at radius 3 is 2.50 bits per heavy atom. The van der Waals surface area contributed by atoms with E-state index in [1.54, 1.807) is 30.3 Å². The van der Waals surface area contributed by atoms with Crippen LogP contribution in [0.25, 0.3) is 22.6 Å². The molecule has 0 fully saturated rings. The van der Waals surface area contributed by atoms with E-state index in [2.05, 4.69) is 10.6 Å². The molecule has 32 heavy (non-hydrogen) atoms. The predicted octanol–water partition coefficient (Wildman–Crippen LogP) is 5.79. The molecule has 4 rings (SSSR count). The van der Waals surface area contributed by atoms with Crippen molar-refractivity contribution < 1.29 is 18.7 Å². The number of rotatable bonds is 5. The number of carbonyl (C=O) groups is 1. The van der Waals surface area contributed by atoms with Crippen molar-refractivity contribution in [3.05, 3.63) is 88.8 Å². The molecule has 0 saturated heterocycles. The summed E-state index contributed by atoms with van der Waals surface area (Å²) < 4.78 is 11.2. The third-order valence-corrected chi connectivity index (χ3v) is 5.35. The van der Waals surface area contributed by atoms with Crippen LogP contribution in [0.15, 0.2) is 75.6 Å². The number of thiocarbonyl (C=S) groups is 1. The lowest BCUT2D eigenvalue weighted by Gasteiger charge is -2.09. The van der Waals surface area contributed by atoms with Crippen molar-refractivity contribution in [3.63, 3.8) is 0 Å². The smallest absolute Gasteiger partial charge is 0.293 e. The Balaban J connectivity index is 1.41. The van der Waals surface area contributed by atoms with Crippen LogP contribution in [0, 0.1) is 6.92 Å². The molecule has 2 aromatic carbocycles. The van der Waals surface area contributed by atoms with Crippen LogP contribution in [0.1, 0.15) is 21.9 Å². The number of furan rings is 2.